The first-order valence-corrected chi connectivity index (χ1v) is 8.98. The van der Waals surface area contributed by atoms with E-state index in [9.17, 15) is 9.90 Å². The quantitative estimate of drug-likeness (QED) is 0.628. The van der Waals surface area contributed by atoms with E-state index in [0.717, 1.165) is 17.6 Å². The van der Waals surface area contributed by atoms with Crippen LogP contribution in [0.25, 0.3) is 0 Å². The first kappa shape index (κ1) is 22.7. The maximum absolute atomic E-state index is 12.3. The van der Waals surface area contributed by atoms with E-state index in [1.54, 1.807) is 4.90 Å². The van der Waals surface area contributed by atoms with Gasteiger partial charge >= 0.3 is 6.09 Å². The standard InChI is InChI=1S/C20H37NO3/c1-9-14-21(18(22)24-19(6,7)8)15-12-13-20(23,16(4)10-2)17(5)11-3/h10-11,23H,9,12-15H2,1-8H3/b16-10+,17-11+. The van der Waals surface area contributed by atoms with E-state index in [2.05, 4.69) is 0 Å². The molecule has 140 valence electrons. The van der Waals surface area contributed by atoms with Crippen molar-refractivity contribution in [3.8, 4) is 0 Å². The van der Waals surface area contributed by atoms with Gasteiger partial charge in [0.25, 0.3) is 0 Å². The van der Waals surface area contributed by atoms with Gasteiger partial charge in [-0.15, -0.1) is 0 Å². The van der Waals surface area contributed by atoms with Crippen molar-refractivity contribution < 1.29 is 14.6 Å². The van der Waals surface area contributed by atoms with Crippen LogP contribution >= 0.6 is 0 Å². The molecule has 0 aromatic carbocycles. The minimum atomic E-state index is -0.935. The van der Waals surface area contributed by atoms with E-state index in [0.29, 0.717) is 25.9 Å². The summed E-state index contributed by atoms with van der Waals surface area (Å²) in [4.78, 5) is 14.0. The molecule has 0 saturated heterocycles. The van der Waals surface area contributed by atoms with Crippen LogP contribution in [0.4, 0.5) is 4.79 Å². The Morgan fingerprint density at radius 2 is 1.58 bits per heavy atom. The number of carbonyl (C=O) groups excluding carboxylic acids is 1. The Kier molecular flexibility index (Phi) is 9.34. The maximum atomic E-state index is 12.3. The van der Waals surface area contributed by atoms with E-state index in [4.69, 9.17) is 4.74 Å². The average molecular weight is 340 g/mol. The number of ether oxygens (including phenoxy) is 1. The van der Waals surface area contributed by atoms with Crippen molar-refractivity contribution in [2.75, 3.05) is 13.1 Å². The molecule has 0 bridgehead atoms. The molecule has 0 atom stereocenters. The van der Waals surface area contributed by atoms with Crippen molar-refractivity contribution in [1.29, 1.82) is 0 Å². The fourth-order valence-electron chi connectivity index (χ4n) is 2.60. The van der Waals surface area contributed by atoms with E-state index >= 15 is 0 Å². The summed E-state index contributed by atoms with van der Waals surface area (Å²) >= 11 is 0. The molecule has 0 rings (SSSR count). The first-order valence-electron chi connectivity index (χ1n) is 8.98. The van der Waals surface area contributed by atoms with Gasteiger partial charge in [-0.2, -0.15) is 0 Å². The highest BCUT2D eigenvalue weighted by atomic mass is 16.6. The summed E-state index contributed by atoms with van der Waals surface area (Å²) in [5.41, 5.74) is 0.456. The number of hydrogen-bond acceptors (Lipinski definition) is 3. The van der Waals surface area contributed by atoms with Gasteiger partial charge in [0.2, 0.25) is 0 Å². The van der Waals surface area contributed by atoms with Gasteiger partial charge in [0.1, 0.15) is 11.2 Å². The number of aliphatic hydroxyl groups is 1. The molecule has 0 aliphatic rings. The minimum absolute atomic E-state index is 0.279. The molecular formula is C20H37NO3. The van der Waals surface area contributed by atoms with E-state index in [1.165, 1.54) is 0 Å². The van der Waals surface area contributed by atoms with E-state index < -0.39 is 11.2 Å². The van der Waals surface area contributed by atoms with E-state index in [1.807, 2.05) is 67.5 Å². The Balaban J connectivity index is 4.95. The Morgan fingerprint density at radius 1 is 1.08 bits per heavy atom. The zero-order chi connectivity index (χ0) is 19.0. The van der Waals surface area contributed by atoms with Gasteiger partial charge in [-0.3, -0.25) is 0 Å². The SMILES string of the molecule is C/C=C(\C)C(O)(CCCN(CCC)C(=O)OC(C)(C)C)/C(C)=C/C. The Bertz CT molecular complexity index is 440. The van der Waals surface area contributed by atoms with Gasteiger partial charge in [-0.05, 0) is 78.9 Å². The molecule has 0 aromatic heterocycles. The molecule has 1 N–H and O–H groups in total. The number of allylic oxidation sites excluding steroid dienone is 2. The van der Waals surface area contributed by atoms with Crippen molar-refractivity contribution >= 4 is 6.09 Å². The molecule has 0 radical (unpaired) electrons. The van der Waals surface area contributed by atoms with Crippen LogP contribution in [0.5, 0.6) is 0 Å². The Labute approximate surface area is 148 Å². The zero-order valence-electron chi connectivity index (χ0n) is 16.9. The first-order chi connectivity index (χ1) is 11.0. The van der Waals surface area contributed by atoms with Crippen LogP contribution in [0.2, 0.25) is 0 Å². The van der Waals surface area contributed by atoms with Crippen LogP contribution in [0.1, 0.15) is 74.7 Å². The highest BCUT2D eigenvalue weighted by Crippen LogP contribution is 2.30. The van der Waals surface area contributed by atoms with Crippen LogP contribution < -0.4 is 0 Å². The van der Waals surface area contributed by atoms with Gasteiger partial charge in [-0.1, -0.05) is 19.1 Å². The molecule has 0 saturated carbocycles. The second-order valence-corrected chi connectivity index (χ2v) is 7.37. The molecule has 0 unspecified atom stereocenters. The third-order valence-corrected chi connectivity index (χ3v) is 4.28. The lowest BCUT2D eigenvalue weighted by atomic mass is 9.83. The van der Waals surface area contributed by atoms with Crippen LogP contribution in [-0.4, -0.2) is 40.4 Å². The second kappa shape index (κ2) is 9.87. The van der Waals surface area contributed by atoms with Crippen molar-refractivity contribution in [2.45, 2.75) is 85.9 Å². The van der Waals surface area contributed by atoms with Gasteiger partial charge in [-0.25, -0.2) is 4.79 Å². The Hall–Kier alpha value is -1.29. The minimum Gasteiger partial charge on any atom is -0.444 e. The van der Waals surface area contributed by atoms with Crippen molar-refractivity contribution in [1.82, 2.24) is 4.90 Å². The van der Waals surface area contributed by atoms with E-state index in [-0.39, 0.29) is 6.09 Å². The molecule has 0 aliphatic heterocycles. The molecule has 0 heterocycles. The highest BCUT2D eigenvalue weighted by molar-refractivity contribution is 5.68. The van der Waals surface area contributed by atoms with Crippen LogP contribution in [0, 0.1) is 0 Å². The smallest absolute Gasteiger partial charge is 0.410 e. The number of amides is 1. The van der Waals surface area contributed by atoms with Gasteiger partial charge in [0, 0.05) is 13.1 Å². The predicted octanol–water partition coefficient (Wildman–Crippen LogP) is 5.08. The largest absolute Gasteiger partial charge is 0.444 e. The number of nitrogens with zero attached hydrogens (tertiary/aromatic N) is 1. The van der Waals surface area contributed by atoms with Crippen molar-refractivity contribution in [2.24, 2.45) is 0 Å². The van der Waals surface area contributed by atoms with Crippen LogP contribution in [-0.2, 0) is 4.74 Å². The molecule has 0 aromatic rings. The molecule has 4 nitrogen and oxygen atoms in total. The summed E-state index contributed by atoms with van der Waals surface area (Å²) in [5, 5.41) is 11.0. The lowest BCUT2D eigenvalue weighted by Crippen LogP contribution is -2.39. The van der Waals surface area contributed by atoms with Gasteiger partial charge < -0.3 is 14.7 Å². The number of hydrogen-bond donors (Lipinski definition) is 1. The molecule has 0 spiro atoms. The number of rotatable bonds is 8. The van der Waals surface area contributed by atoms with Gasteiger partial charge in [0.05, 0.1) is 0 Å². The van der Waals surface area contributed by atoms with Crippen LogP contribution in [0.15, 0.2) is 23.3 Å². The summed E-state index contributed by atoms with van der Waals surface area (Å²) in [6.45, 7) is 16.7. The lowest BCUT2D eigenvalue weighted by molar-refractivity contribution is 0.0230. The Morgan fingerprint density at radius 3 is 1.96 bits per heavy atom. The zero-order valence-corrected chi connectivity index (χ0v) is 16.9. The maximum Gasteiger partial charge on any atom is 0.410 e. The second-order valence-electron chi connectivity index (χ2n) is 7.37. The molecule has 4 heteroatoms. The highest BCUT2D eigenvalue weighted by Gasteiger charge is 2.30. The monoisotopic (exact) mass is 339 g/mol. The molecule has 1 amide bonds. The summed E-state index contributed by atoms with van der Waals surface area (Å²) in [5.74, 6) is 0. The third kappa shape index (κ3) is 7.08. The normalized spacial score (nSPS) is 15.9. The third-order valence-electron chi connectivity index (χ3n) is 4.28. The van der Waals surface area contributed by atoms with Crippen molar-refractivity contribution in [3.05, 3.63) is 23.3 Å². The predicted molar refractivity (Wildman–Crippen MR) is 101 cm³/mol. The summed E-state index contributed by atoms with van der Waals surface area (Å²) in [7, 11) is 0. The molecular weight excluding hydrogens is 302 g/mol. The van der Waals surface area contributed by atoms with Crippen molar-refractivity contribution in [3.63, 3.8) is 0 Å². The number of carbonyl (C=O) groups is 1. The summed E-state index contributed by atoms with van der Waals surface area (Å²) < 4.78 is 5.47. The fourth-order valence-corrected chi connectivity index (χ4v) is 2.60. The summed E-state index contributed by atoms with van der Waals surface area (Å²) in [6.07, 6.45) is 5.80. The average Bonchev–Trinajstić information content (AvgIpc) is 2.50. The van der Waals surface area contributed by atoms with Gasteiger partial charge in [0.15, 0.2) is 0 Å². The molecule has 24 heavy (non-hydrogen) atoms. The molecule has 0 fully saturated rings. The topological polar surface area (TPSA) is 49.8 Å². The van der Waals surface area contributed by atoms with Crippen LogP contribution in [0.3, 0.4) is 0 Å². The molecule has 0 aliphatic carbocycles. The lowest BCUT2D eigenvalue weighted by Gasteiger charge is -2.32. The fraction of sp³-hybridized carbons (Fsp3) is 0.750. The summed E-state index contributed by atoms with van der Waals surface area (Å²) in [6, 6.07) is 0.